The van der Waals surface area contributed by atoms with Crippen LogP contribution in [-0.4, -0.2) is 24.3 Å². The molecule has 24 heavy (non-hydrogen) atoms. The van der Waals surface area contributed by atoms with Gasteiger partial charge in [-0.3, -0.25) is 4.79 Å². The number of thioether (sulfide) groups is 1. The summed E-state index contributed by atoms with van der Waals surface area (Å²) in [7, 11) is 0. The Balaban J connectivity index is 1.66. The summed E-state index contributed by atoms with van der Waals surface area (Å²) in [5.41, 5.74) is 3.70. The average molecular weight is 343 g/mol. The molecule has 0 aromatic heterocycles. The molecule has 0 aliphatic carbocycles. The van der Waals surface area contributed by atoms with Crippen molar-refractivity contribution in [2.45, 2.75) is 31.8 Å². The third-order valence-corrected chi connectivity index (χ3v) is 5.07. The molecule has 2 aromatic carbocycles. The highest BCUT2D eigenvalue weighted by molar-refractivity contribution is 7.99. The summed E-state index contributed by atoms with van der Waals surface area (Å²) in [5, 5.41) is 2.85. The predicted molar refractivity (Wildman–Crippen MR) is 102 cm³/mol. The molecular formula is C20H25NO2S. The van der Waals surface area contributed by atoms with Crippen molar-refractivity contribution >= 4 is 17.7 Å². The lowest BCUT2D eigenvalue weighted by Gasteiger charge is -2.13. The van der Waals surface area contributed by atoms with Crippen molar-refractivity contribution in [1.29, 1.82) is 0 Å². The van der Waals surface area contributed by atoms with E-state index in [-0.39, 0.29) is 11.2 Å². The maximum absolute atomic E-state index is 12.1. The minimum absolute atomic E-state index is 0.0552. The van der Waals surface area contributed by atoms with Gasteiger partial charge in [0.15, 0.2) is 0 Å². The molecule has 3 nitrogen and oxygen atoms in total. The number of aryl methyl sites for hydroxylation is 2. The van der Waals surface area contributed by atoms with Gasteiger partial charge in [-0.15, -0.1) is 11.8 Å². The zero-order chi connectivity index (χ0) is 17.4. The number of benzene rings is 2. The predicted octanol–water partition coefficient (Wildman–Crippen LogP) is 4.12. The van der Waals surface area contributed by atoms with Crippen LogP contribution in [-0.2, 0) is 10.5 Å². The van der Waals surface area contributed by atoms with E-state index in [9.17, 15) is 4.79 Å². The summed E-state index contributed by atoms with van der Waals surface area (Å²) in [5.74, 6) is 1.74. The number of amides is 1. The van der Waals surface area contributed by atoms with Crippen molar-refractivity contribution < 1.29 is 9.53 Å². The molecule has 0 spiro atoms. The second kappa shape index (κ2) is 9.38. The van der Waals surface area contributed by atoms with Crippen molar-refractivity contribution in [3.05, 3.63) is 65.2 Å². The Kier molecular flexibility index (Phi) is 7.19. The van der Waals surface area contributed by atoms with Crippen LogP contribution in [0.4, 0.5) is 0 Å². The first kappa shape index (κ1) is 18.4. The SMILES string of the molecule is Cc1ccc(OCCNC(=O)C(C)SCc2ccccc2)cc1C. The smallest absolute Gasteiger partial charge is 0.232 e. The van der Waals surface area contributed by atoms with E-state index in [0.29, 0.717) is 13.2 Å². The van der Waals surface area contributed by atoms with Crippen molar-refractivity contribution in [1.82, 2.24) is 5.32 Å². The molecule has 0 aliphatic rings. The Labute approximate surface area is 148 Å². The van der Waals surface area contributed by atoms with Gasteiger partial charge in [-0.1, -0.05) is 36.4 Å². The van der Waals surface area contributed by atoms with E-state index >= 15 is 0 Å². The molecular weight excluding hydrogens is 318 g/mol. The molecule has 1 atom stereocenters. The van der Waals surface area contributed by atoms with E-state index < -0.39 is 0 Å². The summed E-state index contributed by atoms with van der Waals surface area (Å²) in [6.07, 6.45) is 0. The Morgan fingerprint density at radius 1 is 1.12 bits per heavy atom. The van der Waals surface area contributed by atoms with Crippen molar-refractivity contribution in [3.8, 4) is 5.75 Å². The standard InChI is InChI=1S/C20H25NO2S/c1-15-9-10-19(13-16(15)2)23-12-11-21-20(22)17(3)24-14-18-7-5-4-6-8-18/h4-10,13,17H,11-12,14H2,1-3H3,(H,21,22). The molecule has 2 rings (SSSR count). The summed E-state index contributed by atoms with van der Waals surface area (Å²) >= 11 is 1.64. The summed E-state index contributed by atoms with van der Waals surface area (Å²) in [6, 6.07) is 16.2. The van der Waals surface area contributed by atoms with E-state index in [1.165, 1.54) is 16.7 Å². The number of carbonyl (C=O) groups excluding carboxylic acids is 1. The fourth-order valence-electron chi connectivity index (χ4n) is 2.16. The minimum Gasteiger partial charge on any atom is -0.492 e. The Bertz CT molecular complexity index is 658. The first-order chi connectivity index (χ1) is 11.6. The highest BCUT2D eigenvalue weighted by Gasteiger charge is 2.12. The molecule has 0 saturated carbocycles. The molecule has 128 valence electrons. The van der Waals surface area contributed by atoms with Gasteiger partial charge in [0, 0.05) is 5.75 Å². The lowest BCUT2D eigenvalue weighted by Crippen LogP contribution is -2.34. The molecule has 0 bridgehead atoms. The van der Waals surface area contributed by atoms with Gasteiger partial charge in [-0.25, -0.2) is 0 Å². The van der Waals surface area contributed by atoms with Gasteiger partial charge in [-0.2, -0.15) is 0 Å². The van der Waals surface area contributed by atoms with Crippen LogP contribution in [0.5, 0.6) is 5.75 Å². The van der Waals surface area contributed by atoms with Crippen LogP contribution >= 0.6 is 11.8 Å². The quantitative estimate of drug-likeness (QED) is 0.733. The Morgan fingerprint density at radius 3 is 2.58 bits per heavy atom. The Morgan fingerprint density at radius 2 is 1.88 bits per heavy atom. The van der Waals surface area contributed by atoms with Gasteiger partial charge in [-0.05, 0) is 49.6 Å². The number of rotatable bonds is 8. The van der Waals surface area contributed by atoms with Crippen LogP contribution in [0.3, 0.4) is 0 Å². The lowest BCUT2D eigenvalue weighted by atomic mass is 10.1. The number of hydrogen-bond donors (Lipinski definition) is 1. The van der Waals surface area contributed by atoms with Gasteiger partial charge in [0.1, 0.15) is 12.4 Å². The summed E-state index contributed by atoms with van der Waals surface area (Å²) < 4.78 is 5.68. The first-order valence-corrected chi connectivity index (χ1v) is 9.24. The fourth-order valence-corrected chi connectivity index (χ4v) is 3.03. The minimum atomic E-state index is -0.0770. The largest absolute Gasteiger partial charge is 0.492 e. The molecule has 0 saturated heterocycles. The molecule has 1 amide bonds. The highest BCUT2D eigenvalue weighted by atomic mass is 32.2. The van der Waals surface area contributed by atoms with Gasteiger partial charge in [0.2, 0.25) is 5.91 Å². The molecule has 0 fully saturated rings. The van der Waals surface area contributed by atoms with Crippen LogP contribution in [0.15, 0.2) is 48.5 Å². The van der Waals surface area contributed by atoms with E-state index in [2.05, 4.69) is 31.3 Å². The maximum Gasteiger partial charge on any atom is 0.232 e. The van der Waals surface area contributed by atoms with E-state index in [1.807, 2.05) is 43.3 Å². The van der Waals surface area contributed by atoms with Gasteiger partial charge in [0.05, 0.1) is 11.8 Å². The van der Waals surface area contributed by atoms with Crippen LogP contribution < -0.4 is 10.1 Å². The topological polar surface area (TPSA) is 38.3 Å². The van der Waals surface area contributed by atoms with Crippen LogP contribution in [0, 0.1) is 13.8 Å². The molecule has 0 heterocycles. The summed E-state index contributed by atoms with van der Waals surface area (Å²) in [6.45, 7) is 7.07. The second-order valence-corrected chi connectivity index (χ2v) is 7.15. The van der Waals surface area contributed by atoms with Crippen molar-refractivity contribution in [3.63, 3.8) is 0 Å². The summed E-state index contributed by atoms with van der Waals surface area (Å²) in [4.78, 5) is 12.1. The first-order valence-electron chi connectivity index (χ1n) is 8.19. The maximum atomic E-state index is 12.1. The average Bonchev–Trinajstić information content (AvgIpc) is 2.60. The molecule has 4 heteroatoms. The number of hydrogen-bond acceptors (Lipinski definition) is 3. The van der Waals surface area contributed by atoms with Crippen LogP contribution in [0.2, 0.25) is 0 Å². The van der Waals surface area contributed by atoms with Gasteiger partial charge >= 0.3 is 0 Å². The zero-order valence-electron chi connectivity index (χ0n) is 14.5. The highest BCUT2D eigenvalue weighted by Crippen LogP contribution is 2.18. The van der Waals surface area contributed by atoms with Gasteiger partial charge < -0.3 is 10.1 Å². The molecule has 2 aromatic rings. The molecule has 0 radical (unpaired) electrons. The van der Waals surface area contributed by atoms with Crippen molar-refractivity contribution in [2.24, 2.45) is 0 Å². The van der Waals surface area contributed by atoms with E-state index in [1.54, 1.807) is 11.8 Å². The molecule has 1 N–H and O–H groups in total. The molecule has 1 unspecified atom stereocenters. The number of carbonyl (C=O) groups is 1. The van der Waals surface area contributed by atoms with Gasteiger partial charge in [0.25, 0.3) is 0 Å². The second-order valence-electron chi connectivity index (χ2n) is 5.82. The zero-order valence-corrected chi connectivity index (χ0v) is 15.4. The Hall–Kier alpha value is -1.94. The third-order valence-electron chi connectivity index (χ3n) is 3.86. The van der Waals surface area contributed by atoms with E-state index in [4.69, 9.17) is 4.74 Å². The molecule has 0 aliphatic heterocycles. The lowest BCUT2D eigenvalue weighted by molar-refractivity contribution is -0.120. The van der Waals surface area contributed by atoms with Crippen LogP contribution in [0.25, 0.3) is 0 Å². The number of nitrogens with one attached hydrogen (secondary N) is 1. The fraction of sp³-hybridized carbons (Fsp3) is 0.350. The van der Waals surface area contributed by atoms with Crippen LogP contribution in [0.1, 0.15) is 23.6 Å². The normalized spacial score (nSPS) is 11.8. The van der Waals surface area contributed by atoms with E-state index in [0.717, 1.165) is 11.5 Å². The monoisotopic (exact) mass is 343 g/mol. The van der Waals surface area contributed by atoms with Crippen molar-refractivity contribution in [2.75, 3.05) is 13.2 Å². The number of ether oxygens (including phenoxy) is 1. The third kappa shape index (κ3) is 5.93.